The molecular formula is C9H9F3O. The maximum Gasteiger partial charge on any atom is 0.194 e. The van der Waals surface area contributed by atoms with Gasteiger partial charge in [0.15, 0.2) is 17.5 Å². The molecule has 0 unspecified atom stereocenters. The Morgan fingerprint density at radius 2 is 1.54 bits per heavy atom. The van der Waals surface area contributed by atoms with Gasteiger partial charge in [0.25, 0.3) is 0 Å². The summed E-state index contributed by atoms with van der Waals surface area (Å²) in [4.78, 5) is 0. The predicted octanol–water partition coefficient (Wildman–Crippen LogP) is 2.89. The van der Waals surface area contributed by atoms with Gasteiger partial charge in [0, 0.05) is 12.1 Å². The maximum atomic E-state index is 12.6. The number of hydrogen-bond acceptors (Lipinski definition) is 1. The van der Waals surface area contributed by atoms with Crippen LogP contribution in [0.2, 0.25) is 0 Å². The summed E-state index contributed by atoms with van der Waals surface area (Å²) in [5.74, 6) is -3.96. The van der Waals surface area contributed by atoms with Crippen LogP contribution in [0.3, 0.4) is 0 Å². The summed E-state index contributed by atoms with van der Waals surface area (Å²) in [5, 5.41) is 0. The fourth-order valence-corrected chi connectivity index (χ4v) is 0.872. The molecule has 0 heterocycles. The first-order chi connectivity index (χ1) is 6.00. The molecule has 0 aliphatic carbocycles. The van der Waals surface area contributed by atoms with E-state index < -0.39 is 17.5 Å². The Morgan fingerprint density at radius 3 is 1.92 bits per heavy atom. The molecule has 1 aromatic rings. The van der Waals surface area contributed by atoms with Crippen LogP contribution in [0, 0.1) is 17.5 Å². The van der Waals surface area contributed by atoms with Crippen molar-refractivity contribution in [1.29, 1.82) is 0 Å². The molecule has 0 aromatic heterocycles. The molecule has 13 heavy (non-hydrogen) atoms. The van der Waals surface area contributed by atoms with Crippen LogP contribution in [-0.4, -0.2) is 6.10 Å². The zero-order valence-corrected chi connectivity index (χ0v) is 7.27. The average Bonchev–Trinajstić information content (AvgIpc) is 1.98. The van der Waals surface area contributed by atoms with Gasteiger partial charge in [-0.15, -0.1) is 0 Å². The molecule has 1 rings (SSSR count). The van der Waals surface area contributed by atoms with E-state index >= 15 is 0 Å². The van der Waals surface area contributed by atoms with E-state index in [1.807, 2.05) is 0 Å². The Bertz CT molecular complexity index is 287. The average molecular weight is 190 g/mol. The van der Waals surface area contributed by atoms with E-state index in [1.165, 1.54) is 0 Å². The Morgan fingerprint density at radius 1 is 1.08 bits per heavy atom. The van der Waals surface area contributed by atoms with Crippen LogP contribution < -0.4 is 4.74 Å². The zero-order valence-electron chi connectivity index (χ0n) is 7.27. The zero-order chi connectivity index (χ0) is 10.0. The van der Waals surface area contributed by atoms with Crippen molar-refractivity contribution in [2.75, 3.05) is 0 Å². The molecule has 0 fully saturated rings. The first-order valence-corrected chi connectivity index (χ1v) is 3.82. The highest BCUT2D eigenvalue weighted by atomic mass is 19.2. The highest BCUT2D eigenvalue weighted by Crippen LogP contribution is 2.19. The second-order valence-corrected chi connectivity index (χ2v) is 2.87. The summed E-state index contributed by atoms with van der Waals surface area (Å²) >= 11 is 0. The van der Waals surface area contributed by atoms with E-state index in [1.54, 1.807) is 13.8 Å². The Hall–Kier alpha value is -1.19. The van der Waals surface area contributed by atoms with Crippen molar-refractivity contribution in [2.24, 2.45) is 0 Å². The monoisotopic (exact) mass is 190 g/mol. The van der Waals surface area contributed by atoms with Gasteiger partial charge in [0.1, 0.15) is 5.75 Å². The third-order valence-electron chi connectivity index (χ3n) is 1.33. The summed E-state index contributed by atoms with van der Waals surface area (Å²) in [6.45, 7) is 3.42. The predicted molar refractivity (Wildman–Crippen MR) is 42.1 cm³/mol. The van der Waals surface area contributed by atoms with Gasteiger partial charge in [-0.05, 0) is 13.8 Å². The SMILES string of the molecule is CC(C)Oc1cc(F)c(F)c(F)c1. The molecule has 72 valence electrons. The summed E-state index contributed by atoms with van der Waals surface area (Å²) in [5.41, 5.74) is 0. The fraction of sp³-hybridized carbons (Fsp3) is 0.333. The number of ether oxygens (including phenoxy) is 1. The Balaban J connectivity index is 2.99. The molecule has 0 amide bonds. The lowest BCUT2D eigenvalue weighted by atomic mass is 10.3. The smallest absolute Gasteiger partial charge is 0.194 e. The first-order valence-electron chi connectivity index (χ1n) is 3.82. The van der Waals surface area contributed by atoms with E-state index in [9.17, 15) is 13.2 Å². The third kappa shape index (κ3) is 2.37. The molecule has 4 heteroatoms. The molecule has 0 aliphatic heterocycles. The molecule has 1 aromatic carbocycles. The molecular weight excluding hydrogens is 181 g/mol. The minimum absolute atomic E-state index is 0.00796. The minimum Gasteiger partial charge on any atom is -0.491 e. The van der Waals surface area contributed by atoms with Crippen LogP contribution in [0.25, 0.3) is 0 Å². The summed E-state index contributed by atoms with van der Waals surface area (Å²) in [6, 6.07) is 1.64. The maximum absolute atomic E-state index is 12.6. The van der Waals surface area contributed by atoms with Crippen molar-refractivity contribution in [3.8, 4) is 5.75 Å². The van der Waals surface area contributed by atoms with Gasteiger partial charge in [-0.1, -0.05) is 0 Å². The van der Waals surface area contributed by atoms with Crippen LogP contribution >= 0.6 is 0 Å². The topological polar surface area (TPSA) is 9.23 Å². The molecule has 1 nitrogen and oxygen atoms in total. The number of rotatable bonds is 2. The normalized spacial score (nSPS) is 10.6. The summed E-state index contributed by atoms with van der Waals surface area (Å²) in [6.07, 6.45) is -0.204. The van der Waals surface area contributed by atoms with Crippen LogP contribution in [-0.2, 0) is 0 Å². The van der Waals surface area contributed by atoms with Gasteiger partial charge in [0.05, 0.1) is 6.10 Å². The third-order valence-corrected chi connectivity index (χ3v) is 1.33. The lowest BCUT2D eigenvalue weighted by Crippen LogP contribution is -2.06. The summed E-state index contributed by atoms with van der Waals surface area (Å²) in [7, 11) is 0. The van der Waals surface area contributed by atoms with Crippen LogP contribution in [0.4, 0.5) is 13.2 Å². The number of hydrogen-bond donors (Lipinski definition) is 0. The first kappa shape index (κ1) is 9.89. The van der Waals surface area contributed by atoms with Crippen molar-refractivity contribution >= 4 is 0 Å². The van der Waals surface area contributed by atoms with Crippen molar-refractivity contribution in [1.82, 2.24) is 0 Å². The van der Waals surface area contributed by atoms with Gasteiger partial charge >= 0.3 is 0 Å². The second-order valence-electron chi connectivity index (χ2n) is 2.87. The molecule has 0 bridgehead atoms. The van der Waals surface area contributed by atoms with E-state index in [4.69, 9.17) is 4.74 Å². The minimum atomic E-state index is -1.48. The van der Waals surface area contributed by atoms with Gasteiger partial charge in [-0.2, -0.15) is 0 Å². The molecule has 0 spiro atoms. The largest absolute Gasteiger partial charge is 0.491 e. The van der Waals surface area contributed by atoms with E-state index in [2.05, 4.69) is 0 Å². The Kier molecular flexibility index (Phi) is 2.80. The quantitative estimate of drug-likeness (QED) is 0.651. The Labute approximate surface area is 74.1 Å². The van der Waals surface area contributed by atoms with Crippen molar-refractivity contribution < 1.29 is 17.9 Å². The molecule has 0 atom stereocenters. The molecule has 0 aliphatic rings. The van der Waals surface area contributed by atoms with E-state index in [0.717, 1.165) is 12.1 Å². The number of benzene rings is 1. The van der Waals surface area contributed by atoms with Crippen molar-refractivity contribution in [3.05, 3.63) is 29.6 Å². The fourth-order valence-electron chi connectivity index (χ4n) is 0.872. The highest BCUT2D eigenvalue weighted by Gasteiger charge is 2.11. The molecule has 0 N–H and O–H groups in total. The summed E-state index contributed by atoms with van der Waals surface area (Å²) < 4.78 is 42.6. The van der Waals surface area contributed by atoms with Crippen molar-refractivity contribution in [3.63, 3.8) is 0 Å². The standard InChI is InChI=1S/C9H9F3O/c1-5(2)13-6-3-7(10)9(12)8(11)4-6/h3-5H,1-2H3. The van der Waals surface area contributed by atoms with Crippen molar-refractivity contribution in [2.45, 2.75) is 20.0 Å². The van der Waals surface area contributed by atoms with E-state index in [0.29, 0.717) is 0 Å². The van der Waals surface area contributed by atoms with Gasteiger partial charge in [0.2, 0.25) is 0 Å². The second kappa shape index (κ2) is 3.68. The molecule has 0 saturated carbocycles. The van der Waals surface area contributed by atoms with Gasteiger partial charge in [-0.3, -0.25) is 0 Å². The number of halogens is 3. The lowest BCUT2D eigenvalue weighted by molar-refractivity contribution is 0.239. The lowest BCUT2D eigenvalue weighted by Gasteiger charge is -2.09. The molecule has 0 saturated heterocycles. The van der Waals surface area contributed by atoms with Gasteiger partial charge in [-0.25, -0.2) is 13.2 Å². The van der Waals surface area contributed by atoms with Gasteiger partial charge < -0.3 is 4.74 Å². The molecule has 0 radical (unpaired) electrons. The van der Waals surface area contributed by atoms with E-state index in [-0.39, 0.29) is 11.9 Å². The van der Waals surface area contributed by atoms with Crippen LogP contribution in [0.15, 0.2) is 12.1 Å². The highest BCUT2D eigenvalue weighted by molar-refractivity contribution is 5.25. The van der Waals surface area contributed by atoms with Crippen LogP contribution in [0.1, 0.15) is 13.8 Å². The van der Waals surface area contributed by atoms with Crippen LogP contribution in [0.5, 0.6) is 5.75 Å².